The summed E-state index contributed by atoms with van der Waals surface area (Å²) in [5, 5.41) is 4.28. The Morgan fingerprint density at radius 1 is 1.32 bits per heavy atom. The summed E-state index contributed by atoms with van der Waals surface area (Å²) in [6.07, 6.45) is 0. The molecule has 0 aliphatic carbocycles. The number of nitrogens with one attached hydrogen (secondary N) is 1. The second-order valence-corrected chi connectivity index (χ2v) is 6.16. The van der Waals surface area contributed by atoms with Crippen LogP contribution in [0.5, 0.6) is 0 Å². The van der Waals surface area contributed by atoms with Crippen molar-refractivity contribution < 1.29 is 4.79 Å². The Morgan fingerprint density at radius 3 is 2.68 bits per heavy atom. The Kier molecular flexibility index (Phi) is 3.76. The number of aromatic nitrogens is 1. The van der Waals surface area contributed by atoms with Crippen LogP contribution in [0.15, 0.2) is 30.3 Å². The fourth-order valence-corrected chi connectivity index (χ4v) is 1.95. The normalized spacial score (nSPS) is 11.6. The first-order valence-electron chi connectivity index (χ1n) is 6.20. The van der Waals surface area contributed by atoms with E-state index in [2.05, 4.69) is 31.1 Å². The molecule has 0 spiro atoms. The molecule has 1 heterocycles. The van der Waals surface area contributed by atoms with E-state index < -0.39 is 0 Å². The number of benzene rings is 1. The van der Waals surface area contributed by atoms with Gasteiger partial charge in [0.1, 0.15) is 5.69 Å². The quantitative estimate of drug-likeness (QED) is 0.909. The Labute approximate surface area is 118 Å². The van der Waals surface area contributed by atoms with Gasteiger partial charge in [0, 0.05) is 11.9 Å². The van der Waals surface area contributed by atoms with Gasteiger partial charge in [-0.25, -0.2) is 4.98 Å². The van der Waals surface area contributed by atoms with Gasteiger partial charge in [0.05, 0.1) is 10.5 Å². The molecule has 0 radical (unpaired) electrons. The molecule has 0 fully saturated rings. The van der Waals surface area contributed by atoms with Gasteiger partial charge < -0.3 is 5.32 Å². The smallest absolute Gasteiger partial charge is 0.269 e. The van der Waals surface area contributed by atoms with E-state index in [9.17, 15) is 4.79 Å². The Hall–Kier alpha value is -1.61. The molecular formula is C15H17ClN2O. The highest BCUT2D eigenvalue weighted by atomic mass is 35.5. The highest BCUT2D eigenvalue weighted by Crippen LogP contribution is 2.22. The SMILES string of the molecule is CC(C)(C)CNC(=O)c1cc(Cl)c2ccccc2n1. The van der Waals surface area contributed by atoms with Gasteiger partial charge in [0.15, 0.2) is 0 Å². The molecule has 1 aromatic heterocycles. The molecule has 1 amide bonds. The van der Waals surface area contributed by atoms with E-state index in [0.29, 0.717) is 17.3 Å². The number of nitrogens with zero attached hydrogens (tertiary/aromatic N) is 1. The first kappa shape index (κ1) is 13.8. The Bertz CT molecular complexity index is 617. The van der Waals surface area contributed by atoms with Gasteiger partial charge in [-0.2, -0.15) is 0 Å². The van der Waals surface area contributed by atoms with Crippen LogP contribution in [0.3, 0.4) is 0 Å². The molecule has 2 rings (SSSR count). The number of pyridine rings is 1. The van der Waals surface area contributed by atoms with Gasteiger partial charge >= 0.3 is 0 Å². The second-order valence-electron chi connectivity index (χ2n) is 5.75. The minimum absolute atomic E-state index is 0.0380. The summed E-state index contributed by atoms with van der Waals surface area (Å²) in [5.74, 6) is -0.192. The molecule has 3 nitrogen and oxygen atoms in total. The number of hydrogen-bond donors (Lipinski definition) is 1. The molecule has 0 unspecified atom stereocenters. The van der Waals surface area contributed by atoms with Crippen LogP contribution < -0.4 is 5.32 Å². The molecule has 2 aromatic rings. The van der Waals surface area contributed by atoms with Gasteiger partial charge in [0.25, 0.3) is 5.91 Å². The largest absolute Gasteiger partial charge is 0.350 e. The molecule has 0 saturated heterocycles. The van der Waals surface area contributed by atoms with Crippen molar-refractivity contribution in [3.8, 4) is 0 Å². The lowest BCUT2D eigenvalue weighted by Crippen LogP contribution is -2.32. The van der Waals surface area contributed by atoms with E-state index in [1.807, 2.05) is 24.3 Å². The summed E-state index contributed by atoms with van der Waals surface area (Å²) in [5.41, 5.74) is 1.12. The standard InChI is InChI=1S/C15H17ClN2O/c1-15(2,3)9-17-14(19)13-8-11(16)10-6-4-5-7-12(10)18-13/h4-8H,9H2,1-3H3,(H,17,19). The Balaban J connectivity index is 2.28. The molecule has 1 aromatic carbocycles. The van der Waals surface area contributed by atoms with Crippen molar-refractivity contribution in [3.05, 3.63) is 41.0 Å². The third-order valence-electron chi connectivity index (χ3n) is 2.68. The van der Waals surface area contributed by atoms with E-state index >= 15 is 0 Å². The van der Waals surface area contributed by atoms with Crippen molar-refractivity contribution >= 4 is 28.4 Å². The minimum atomic E-state index is -0.192. The average molecular weight is 277 g/mol. The summed E-state index contributed by atoms with van der Waals surface area (Å²) in [6, 6.07) is 9.13. The van der Waals surface area contributed by atoms with E-state index in [1.54, 1.807) is 6.07 Å². The molecule has 100 valence electrons. The fraction of sp³-hybridized carbons (Fsp3) is 0.333. The summed E-state index contributed by atoms with van der Waals surface area (Å²) >= 11 is 6.18. The maximum atomic E-state index is 12.1. The molecule has 0 atom stereocenters. The maximum Gasteiger partial charge on any atom is 0.269 e. The first-order chi connectivity index (χ1) is 8.87. The van der Waals surface area contributed by atoms with E-state index in [0.717, 1.165) is 10.9 Å². The van der Waals surface area contributed by atoms with Crippen molar-refractivity contribution in [1.29, 1.82) is 0 Å². The van der Waals surface area contributed by atoms with Crippen molar-refractivity contribution in [1.82, 2.24) is 10.3 Å². The number of rotatable bonds is 2. The van der Waals surface area contributed by atoms with Gasteiger partial charge in [-0.15, -0.1) is 0 Å². The van der Waals surface area contributed by atoms with Crippen LogP contribution in [0.1, 0.15) is 31.3 Å². The molecule has 0 saturated carbocycles. The van der Waals surface area contributed by atoms with Crippen molar-refractivity contribution in [2.45, 2.75) is 20.8 Å². The molecule has 1 N–H and O–H groups in total. The third kappa shape index (κ3) is 3.44. The minimum Gasteiger partial charge on any atom is -0.350 e. The number of carbonyl (C=O) groups excluding carboxylic acids is 1. The van der Waals surface area contributed by atoms with Crippen molar-refractivity contribution in [2.24, 2.45) is 5.41 Å². The molecular weight excluding hydrogens is 260 g/mol. The first-order valence-corrected chi connectivity index (χ1v) is 6.58. The summed E-state index contributed by atoms with van der Waals surface area (Å²) in [6.45, 7) is 6.79. The average Bonchev–Trinajstić information content (AvgIpc) is 2.35. The van der Waals surface area contributed by atoms with Crippen molar-refractivity contribution in [3.63, 3.8) is 0 Å². The number of carbonyl (C=O) groups is 1. The van der Waals surface area contributed by atoms with Crippen LogP contribution in [-0.4, -0.2) is 17.4 Å². The van der Waals surface area contributed by atoms with Crippen LogP contribution >= 0.6 is 11.6 Å². The van der Waals surface area contributed by atoms with E-state index in [-0.39, 0.29) is 11.3 Å². The number of fused-ring (bicyclic) bond motifs is 1. The van der Waals surface area contributed by atoms with E-state index in [1.165, 1.54) is 0 Å². The van der Waals surface area contributed by atoms with Crippen LogP contribution in [0.4, 0.5) is 0 Å². The third-order valence-corrected chi connectivity index (χ3v) is 2.99. The van der Waals surface area contributed by atoms with Crippen LogP contribution in [-0.2, 0) is 0 Å². The number of para-hydroxylation sites is 1. The van der Waals surface area contributed by atoms with Gasteiger partial charge in [0.2, 0.25) is 0 Å². The summed E-state index contributed by atoms with van der Waals surface area (Å²) < 4.78 is 0. The lowest BCUT2D eigenvalue weighted by Gasteiger charge is -2.18. The molecule has 0 aliphatic heterocycles. The Morgan fingerprint density at radius 2 is 2.00 bits per heavy atom. The van der Waals surface area contributed by atoms with E-state index in [4.69, 9.17) is 11.6 Å². The topological polar surface area (TPSA) is 42.0 Å². The van der Waals surface area contributed by atoms with Gasteiger partial charge in [-0.05, 0) is 17.5 Å². The maximum absolute atomic E-state index is 12.1. The van der Waals surface area contributed by atoms with Crippen LogP contribution in [0, 0.1) is 5.41 Å². The predicted octanol–water partition coefficient (Wildman–Crippen LogP) is 3.66. The zero-order valence-electron chi connectivity index (χ0n) is 11.3. The van der Waals surface area contributed by atoms with Crippen LogP contribution in [0.25, 0.3) is 10.9 Å². The number of halogens is 1. The molecule has 0 bridgehead atoms. The zero-order valence-corrected chi connectivity index (χ0v) is 12.1. The lowest BCUT2D eigenvalue weighted by atomic mass is 9.97. The van der Waals surface area contributed by atoms with Crippen molar-refractivity contribution in [2.75, 3.05) is 6.54 Å². The number of hydrogen-bond acceptors (Lipinski definition) is 2. The molecule has 19 heavy (non-hydrogen) atoms. The van der Waals surface area contributed by atoms with Gasteiger partial charge in [-0.1, -0.05) is 50.6 Å². The second kappa shape index (κ2) is 5.17. The predicted molar refractivity (Wildman–Crippen MR) is 78.5 cm³/mol. The highest BCUT2D eigenvalue weighted by molar-refractivity contribution is 6.35. The zero-order chi connectivity index (χ0) is 14.0. The highest BCUT2D eigenvalue weighted by Gasteiger charge is 2.15. The monoisotopic (exact) mass is 276 g/mol. The van der Waals surface area contributed by atoms with Crippen LogP contribution in [0.2, 0.25) is 5.02 Å². The van der Waals surface area contributed by atoms with Gasteiger partial charge in [-0.3, -0.25) is 4.79 Å². The molecule has 0 aliphatic rings. The number of amides is 1. The summed E-state index contributed by atoms with van der Waals surface area (Å²) in [4.78, 5) is 16.4. The molecule has 4 heteroatoms. The lowest BCUT2D eigenvalue weighted by molar-refractivity contribution is 0.0934. The summed E-state index contributed by atoms with van der Waals surface area (Å²) in [7, 11) is 0. The fourth-order valence-electron chi connectivity index (χ4n) is 1.69.